The lowest BCUT2D eigenvalue weighted by molar-refractivity contribution is 0.717. The van der Waals surface area contributed by atoms with Gasteiger partial charge in [-0.25, -0.2) is 0 Å². The van der Waals surface area contributed by atoms with Crippen LogP contribution in [0, 0.1) is 0 Å². The standard InChI is InChI=1S/C60H43N/c1-3-17-42(18-4-1)48(50-29-15-21-43-19-7-9-25-47(43)50)36-33-41-34-37-53-54-38-35-46(61(45-23-5-2-6-24-45)59-32-16-22-44-20-8-10-26-49(44)59)40-58(54)60(57(53)39-41)55-30-13-11-27-51(55)52-28-12-14-31-56(52)60/h1-32,34-35,37-40,48H,33,36H2. The SMILES string of the molecule is c1ccc(C(CCc2ccc3c(c2)C2(c4ccccc4-c4ccccc42)c2cc(N(c4ccccc4)c4cccc5ccccc45)ccc2-3)c2cccc3ccccc23)cc1. The molecule has 1 heteroatoms. The van der Waals surface area contributed by atoms with Gasteiger partial charge in [0.1, 0.15) is 0 Å². The van der Waals surface area contributed by atoms with Crippen molar-refractivity contribution in [1.82, 2.24) is 0 Å². The van der Waals surface area contributed by atoms with Crippen LogP contribution < -0.4 is 4.90 Å². The van der Waals surface area contributed by atoms with Gasteiger partial charge in [-0.3, -0.25) is 0 Å². The Kier molecular flexibility index (Phi) is 8.35. The Morgan fingerprint density at radius 3 is 1.66 bits per heavy atom. The predicted molar refractivity (Wildman–Crippen MR) is 255 cm³/mol. The first kappa shape index (κ1) is 35.5. The second-order valence-electron chi connectivity index (χ2n) is 16.7. The zero-order chi connectivity index (χ0) is 40.3. The maximum absolute atomic E-state index is 2.57. The number of benzene rings is 10. The Bertz CT molecular complexity index is 3210. The molecule has 0 N–H and O–H groups in total. The second-order valence-corrected chi connectivity index (χ2v) is 16.7. The molecule has 0 bridgehead atoms. The first-order chi connectivity index (χ1) is 30.3. The summed E-state index contributed by atoms with van der Waals surface area (Å²) in [6.07, 6.45) is 1.96. The minimum Gasteiger partial charge on any atom is -0.310 e. The molecule has 0 aromatic heterocycles. The molecule has 61 heavy (non-hydrogen) atoms. The van der Waals surface area contributed by atoms with Gasteiger partial charge in [0.15, 0.2) is 0 Å². The lowest BCUT2D eigenvalue weighted by Gasteiger charge is -2.32. The zero-order valence-electron chi connectivity index (χ0n) is 33.9. The molecule has 0 heterocycles. The summed E-state index contributed by atoms with van der Waals surface area (Å²) in [5.74, 6) is 0.264. The highest BCUT2D eigenvalue weighted by molar-refractivity contribution is 6.01. The maximum atomic E-state index is 2.57. The number of hydrogen-bond acceptors (Lipinski definition) is 1. The normalized spacial score (nSPS) is 13.4. The average molecular weight is 778 g/mol. The number of hydrogen-bond donors (Lipinski definition) is 0. The third-order valence-electron chi connectivity index (χ3n) is 13.5. The molecule has 1 nitrogen and oxygen atoms in total. The van der Waals surface area contributed by atoms with Gasteiger partial charge in [-0.15, -0.1) is 0 Å². The van der Waals surface area contributed by atoms with E-state index in [1.165, 1.54) is 88.4 Å². The summed E-state index contributed by atoms with van der Waals surface area (Å²) in [6.45, 7) is 0. The Morgan fingerprint density at radius 2 is 0.918 bits per heavy atom. The van der Waals surface area contributed by atoms with E-state index in [0.717, 1.165) is 24.2 Å². The fourth-order valence-corrected chi connectivity index (χ4v) is 10.9. The lowest BCUT2D eigenvalue weighted by atomic mass is 9.70. The van der Waals surface area contributed by atoms with Crippen LogP contribution in [-0.4, -0.2) is 0 Å². The zero-order valence-corrected chi connectivity index (χ0v) is 33.9. The monoisotopic (exact) mass is 777 g/mol. The molecule has 0 radical (unpaired) electrons. The van der Waals surface area contributed by atoms with E-state index >= 15 is 0 Å². The first-order valence-corrected chi connectivity index (χ1v) is 21.6. The van der Waals surface area contributed by atoms with Crippen LogP contribution in [0.5, 0.6) is 0 Å². The van der Waals surface area contributed by atoms with Crippen molar-refractivity contribution < 1.29 is 0 Å². The third kappa shape index (κ3) is 5.54. The van der Waals surface area contributed by atoms with Gasteiger partial charge < -0.3 is 4.90 Å². The molecule has 0 fully saturated rings. The van der Waals surface area contributed by atoms with Gasteiger partial charge in [0.05, 0.1) is 11.1 Å². The van der Waals surface area contributed by atoms with Crippen LogP contribution in [0.4, 0.5) is 17.1 Å². The molecule has 10 aromatic carbocycles. The molecule has 1 atom stereocenters. The van der Waals surface area contributed by atoms with Crippen LogP contribution >= 0.6 is 0 Å². The van der Waals surface area contributed by atoms with Crippen molar-refractivity contribution in [3.8, 4) is 22.3 Å². The van der Waals surface area contributed by atoms with Crippen molar-refractivity contribution in [3.05, 3.63) is 269 Å². The van der Waals surface area contributed by atoms with Gasteiger partial charge in [0.2, 0.25) is 0 Å². The van der Waals surface area contributed by atoms with Gasteiger partial charge in [-0.2, -0.15) is 0 Å². The highest BCUT2D eigenvalue weighted by Gasteiger charge is 2.52. The molecule has 0 amide bonds. The molecular formula is C60H43N. The van der Waals surface area contributed by atoms with E-state index in [1.54, 1.807) is 0 Å². The van der Waals surface area contributed by atoms with Gasteiger partial charge in [0.25, 0.3) is 0 Å². The molecule has 1 unspecified atom stereocenters. The molecule has 0 saturated carbocycles. The summed E-state index contributed by atoms with van der Waals surface area (Å²) in [4.78, 5) is 2.45. The Labute approximate surface area is 357 Å². The van der Waals surface area contributed by atoms with E-state index in [1.807, 2.05) is 0 Å². The molecule has 288 valence electrons. The van der Waals surface area contributed by atoms with E-state index in [-0.39, 0.29) is 5.92 Å². The minimum absolute atomic E-state index is 0.264. The van der Waals surface area contributed by atoms with E-state index in [0.29, 0.717) is 0 Å². The highest BCUT2D eigenvalue weighted by atomic mass is 15.1. The number of rotatable bonds is 8. The van der Waals surface area contributed by atoms with E-state index in [9.17, 15) is 0 Å². The van der Waals surface area contributed by atoms with E-state index < -0.39 is 5.41 Å². The van der Waals surface area contributed by atoms with Crippen LogP contribution in [0.25, 0.3) is 43.8 Å². The molecule has 1 spiro atoms. The minimum atomic E-state index is -0.473. The number of nitrogens with zero attached hydrogens (tertiary/aromatic N) is 1. The number of fused-ring (bicyclic) bond motifs is 12. The lowest BCUT2D eigenvalue weighted by Crippen LogP contribution is -2.26. The topological polar surface area (TPSA) is 3.24 Å². The Hall–Kier alpha value is -7.48. The molecule has 2 aliphatic rings. The summed E-state index contributed by atoms with van der Waals surface area (Å²) in [6, 6.07) is 86.0. The molecular weight excluding hydrogens is 735 g/mol. The third-order valence-corrected chi connectivity index (χ3v) is 13.5. The number of anilines is 3. The largest absolute Gasteiger partial charge is 0.310 e. The van der Waals surface area contributed by atoms with Crippen molar-refractivity contribution in [2.24, 2.45) is 0 Å². The fourth-order valence-electron chi connectivity index (χ4n) is 10.9. The van der Waals surface area contributed by atoms with Crippen LogP contribution in [0.2, 0.25) is 0 Å². The van der Waals surface area contributed by atoms with Crippen LogP contribution in [0.3, 0.4) is 0 Å². The quantitative estimate of drug-likeness (QED) is 0.149. The van der Waals surface area contributed by atoms with Crippen LogP contribution in [0.15, 0.2) is 231 Å². The smallest absolute Gasteiger partial charge is 0.0726 e. The highest BCUT2D eigenvalue weighted by Crippen LogP contribution is 2.63. The number of aryl methyl sites for hydroxylation is 1. The van der Waals surface area contributed by atoms with Crippen molar-refractivity contribution in [2.75, 3.05) is 4.90 Å². The van der Waals surface area contributed by atoms with Crippen LogP contribution in [-0.2, 0) is 11.8 Å². The summed E-state index contributed by atoms with van der Waals surface area (Å²) in [5, 5.41) is 5.09. The first-order valence-electron chi connectivity index (χ1n) is 21.6. The summed E-state index contributed by atoms with van der Waals surface area (Å²) < 4.78 is 0. The molecule has 10 aromatic rings. The molecule has 0 aliphatic heterocycles. The number of para-hydroxylation sites is 1. The Morgan fingerprint density at radius 1 is 0.377 bits per heavy atom. The maximum Gasteiger partial charge on any atom is 0.0726 e. The van der Waals surface area contributed by atoms with Crippen LogP contribution in [0.1, 0.15) is 51.3 Å². The van der Waals surface area contributed by atoms with Crippen molar-refractivity contribution in [2.45, 2.75) is 24.2 Å². The van der Waals surface area contributed by atoms with Gasteiger partial charge >= 0.3 is 0 Å². The molecule has 0 saturated heterocycles. The van der Waals surface area contributed by atoms with E-state index in [4.69, 9.17) is 0 Å². The average Bonchev–Trinajstić information content (AvgIpc) is 3.79. The molecule has 2 aliphatic carbocycles. The summed E-state index contributed by atoms with van der Waals surface area (Å²) in [7, 11) is 0. The fraction of sp³-hybridized carbons (Fsp3) is 0.0667. The summed E-state index contributed by atoms with van der Waals surface area (Å²) in [5.41, 5.74) is 17.8. The van der Waals surface area contributed by atoms with Crippen molar-refractivity contribution in [1.29, 1.82) is 0 Å². The van der Waals surface area contributed by atoms with Gasteiger partial charge in [-0.05, 0) is 121 Å². The van der Waals surface area contributed by atoms with E-state index in [2.05, 4.69) is 235 Å². The summed E-state index contributed by atoms with van der Waals surface area (Å²) >= 11 is 0. The van der Waals surface area contributed by atoms with Crippen molar-refractivity contribution in [3.63, 3.8) is 0 Å². The predicted octanol–water partition coefficient (Wildman–Crippen LogP) is 15.6. The molecule has 12 rings (SSSR count). The van der Waals surface area contributed by atoms with Gasteiger partial charge in [0, 0.05) is 22.7 Å². The van der Waals surface area contributed by atoms with Crippen molar-refractivity contribution >= 4 is 38.6 Å². The van der Waals surface area contributed by atoms with Gasteiger partial charge in [-0.1, -0.05) is 200 Å². The Balaban J connectivity index is 1.04. The second kappa shape index (κ2) is 14.4.